The third kappa shape index (κ3) is 5.76. The fourth-order valence-corrected chi connectivity index (χ4v) is 4.72. The lowest BCUT2D eigenvalue weighted by Gasteiger charge is -2.42. The Hall–Kier alpha value is -2.93. The highest BCUT2D eigenvalue weighted by molar-refractivity contribution is 5.91. The molecule has 0 radical (unpaired) electrons. The van der Waals surface area contributed by atoms with E-state index in [4.69, 9.17) is 14.3 Å². The second-order valence-corrected chi connectivity index (χ2v) is 9.27. The van der Waals surface area contributed by atoms with Crippen LogP contribution in [-0.4, -0.2) is 42.4 Å². The minimum Gasteiger partial charge on any atom is -0.482 e. The summed E-state index contributed by atoms with van der Waals surface area (Å²) in [7, 11) is 0. The molecule has 1 N–H and O–H groups in total. The molecule has 3 aliphatic heterocycles. The van der Waals surface area contributed by atoms with Crippen LogP contribution in [0.15, 0.2) is 60.7 Å². The minimum absolute atomic E-state index is 0.226. The van der Waals surface area contributed by atoms with Crippen LogP contribution in [0.2, 0.25) is 0 Å². The number of carbonyl (C=O) groups is 1. The Morgan fingerprint density at radius 2 is 2.00 bits per heavy atom. The largest absolute Gasteiger partial charge is 0.482 e. The summed E-state index contributed by atoms with van der Waals surface area (Å²) in [5.74, 6) is 0.596. The van der Waals surface area contributed by atoms with Gasteiger partial charge in [-0.3, -0.25) is 9.69 Å². The van der Waals surface area contributed by atoms with Crippen LogP contribution >= 0.6 is 0 Å². The second-order valence-electron chi connectivity index (χ2n) is 9.27. The maximum atomic E-state index is 12.1. The molecule has 0 bridgehead atoms. The second kappa shape index (κ2) is 10.6. The number of likely N-dealkylation sites (tertiary alicyclic amines) is 1. The molecular weight excluding hydrogens is 428 g/mol. The van der Waals surface area contributed by atoms with E-state index in [1.54, 1.807) is 6.08 Å². The Labute approximate surface area is 201 Å². The summed E-state index contributed by atoms with van der Waals surface area (Å²) in [5, 5.41) is 0. The number of ether oxygens (including phenoxy) is 2. The van der Waals surface area contributed by atoms with E-state index in [9.17, 15) is 4.79 Å². The topological polar surface area (TPSA) is 60.0 Å². The van der Waals surface area contributed by atoms with Crippen LogP contribution in [0, 0.1) is 0 Å². The van der Waals surface area contributed by atoms with Gasteiger partial charge in [-0.15, -0.1) is 0 Å². The molecule has 0 saturated carbocycles. The Morgan fingerprint density at radius 3 is 2.79 bits per heavy atom. The normalized spacial score (nSPS) is 21.8. The highest BCUT2D eigenvalue weighted by atomic mass is 16.8. The van der Waals surface area contributed by atoms with Crippen molar-refractivity contribution in [1.82, 2.24) is 10.4 Å². The van der Waals surface area contributed by atoms with Crippen molar-refractivity contribution in [3.63, 3.8) is 0 Å². The van der Waals surface area contributed by atoms with Crippen LogP contribution in [0.1, 0.15) is 48.8 Å². The summed E-state index contributed by atoms with van der Waals surface area (Å²) < 4.78 is 11.9. The van der Waals surface area contributed by atoms with Crippen molar-refractivity contribution in [2.75, 3.05) is 19.7 Å². The van der Waals surface area contributed by atoms with Crippen LogP contribution in [-0.2, 0) is 20.9 Å². The first-order valence-electron chi connectivity index (χ1n) is 12.2. The predicted molar refractivity (Wildman–Crippen MR) is 132 cm³/mol. The maximum Gasteiger partial charge on any atom is 0.267 e. The van der Waals surface area contributed by atoms with E-state index in [1.807, 2.05) is 18.2 Å². The number of carbonyl (C=O) groups excluding carboxylic acids is 1. The van der Waals surface area contributed by atoms with Gasteiger partial charge in [-0.25, -0.2) is 10.3 Å². The summed E-state index contributed by atoms with van der Waals surface area (Å²) in [4.78, 5) is 19.9. The lowest BCUT2D eigenvalue weighted by molar-refractivity contribution is -0.198. The molecule has 0 aliphatic carbocycles. The van der Waals surface area contributed by atoms with Crippen molar-refractivity contribution in [2.24, 2.45) is 0 Å². The van der Waals surface area contributed by atoms with E-state index >= 15 is 0 Å². The monoisotopic (exact) mass is 460 g/mol. The molecule has 6 heteroatoms. The third-order valence-corrected chi connectivity index (χ3v) is 6.72. The Morgan fingerprint density at radius 1 is 1.15 bits per heavy atom. The first-order valence-corrected chi connectivity index (χ1v) is 12.2. The molecule has 2 aromatic rings. The lowest BCUT2D eigenvalue weighted by Crippen LogP contribution is -2.47. The minimum atomic E-state index is -0.352. The average molecular weight is 461 g/mol. The fourth-order valence-electron chi connectivity index (χ4n) is 4.72. The molecule has 5 rings (SSSR count). The number of amides is 1. The van der Waals surface area contributed by atoms with Gasteiger partial charge in [0.05, 0.1) is 0 Å². The molecule has 6 nitrogen and oxygen atoms in total. The maximum absolute atomic E-state index is 12.1. The first-order chi connectivity index (χ1) is 16.7. The van der Waals surface area contributed by atoms with E-state index in [0.29, 0.717) is 6.61 Å². The summed E-state index contributed by atoms with van der Waals surface area (Å²) in [6, 6.07) is 16.6. The molecule has 178 valence electrons. The molecule has 0 aromatic heterocycles. The number of hydroxylamine groups is 1. The number of benzene rings is 2. The first kappa shape index (κ1) is 22.8. The average Bonchev–Trinajstić information content (AvgIpc) is 2.89. The van der Waals surface area contributed by atoms with Crippen molar-refractivity contribution in [1.29, 1.82) is 0 Å². The van der Waals surface area contributed by atoms with Gasteiger partial charge in [0.2, 0.25) is 0 Å². The van der Waals surface area contributed by atoms with E-state index in [0.717, 1.165) is 68.6 Å². The molecule has 1 amide bonds. The molecule has 34 heavy (non-hydrogen) atoms. The zero-order chi connectivity index (χ0) is 23.2. The van der Waals surface area contributed by atoms with Gasteiger partial charge in [0, 0.05) is 57.1 Å². The Bertz CT molecular complexity index is 1040. The Kier molecular flexibility index (Phi) is 7.09. The van der Waals surface area contributed by atoms with Crippen molar-refractivity contribution in [3.8, 4) is 5.75 Å². The summed E-state index contributed by atoms with van der Waals surface area (Å²) in [6.07, 6.45) is 12.1. The van der Waals surface area contributed by atoms with Gasteiger partial charge in [-0.2, -0.15) is 0 Å². The summed E-state index contributed by atoms with van der Waals surface area (Å²) >= 11 is 0. The molecule has 1 atom stereocenters. The SMILES string of the molecule is O=C(C=Cc1ccc2c(c1)C=CC1(CCN(Cc3ccccc3)CC1)O2)NOC1CCCCO1. The number of rotatable bonds is 6. The van der Waals surface area contributed by atoms with E-state index in [2.05, 4.69) is 52.9 Å². The molecule has 3 heterocycles. The standard InChI is InChI=1S/C28H32N2O4/c31-26(29-34-27-8-4-5-19-32-27)12-10-22-9-11-25-24(20-22)13-14-28(33-25)15-17-30(18-16-28)21-23-6-2-1-3-7-23/h1-3,6-7,9-14,20,27H,4-5,8,15-19,21H2,(H,29,31). The van der Waals surface area contributed by atoms with Gasteiger partial charge < -0.3 is 9.47 Å². The smallest absolute Gasteiger partial charge is 0.267 e. The highest BCUT2D eigenvalue weighted by Crippen LogP contribution is 2.37. The van der Waals surface area contributed by atoms with Gasteiger partial charge in [-0.1, -0.05) is 42.5 Å². The van der Waals surface area contributed by atoms with Crippen molar-refractivity contribution in [3.05, 3.63) is 77.4 Å². The Balaban J connectivity index is 1.14. The van der Waals surface area contributed by atoms with Gasteiger partial charge in [0.15, 0.2) is 6.29 Å². The van der Waals surface area contributed by atoms with Crippen molar-refractivity contribution < 1.29 is 19.1 Å². The van der Waals surface area contributed by atoms with Crippen molar-refractivity contribution >= 4 is 18.1 Å². The third-order valence-electron chi connectivity index (χ3n) is 6.72. The van der Waals surface area contributed by atoms with Crippen LogP contribution < -0.4 is 10.2 Å². The lowest BCUT2D eigenvalue weighted by atomic mass is 9.87. The predicted octanol–water partition coefficient (Wildman–Crippen LogP) is 4.71. The van der Waals surface area contributed by atoms with Crippen LogP contribution in [0.3, 0.4) is 0 Å². The molecule has 2 aromatic carbocycles. The van der Waals surface area contributed by atoms with E-state index < -0.39 is 0 Å². The molecule has 1 spiro atoms. The summed E-state index contributed by atoms with van der Waals surface area (Å²) in [5.41, 5.74) is 5.55. The fraction of sp³-hybridized carbons (Fsp3) is 0.393. The van der Waals surface area contributed by atoms with Crippen LogP contribution in [0.4, 0.5) is 0 Å². The van der Waals surface area contributed by atoms with E-state index in [1.165, 1.54) is 11.6 Å². The number of nitrogens with zero attached hydrogens (tertiary/aromatic N) is 1. The molecule has 1 unspecified atom stereocenters. The number of nitrogens with one attached hydrogen (secondary N) is 1. The number of fused-ring (bicyclic) bond motifs is 1. The van der Waals surface area contributed by atoms with Gasteiger partial charge >= 0.3 is 0 Å². The summed E-state index contributed by atoms with van der Waals surface area (Å²) in [6.45, 7) is 3.68. The number of piperidine rings is 1. The van der Waals surface area contributed by atoms with Gasteiger partial charge in [-0.05, 0) is 48.3 Å². The zero-order valence-electron chi connectivity index (χ0n) is 19.4. The van der Waals surface area contributed by atoms with Gasteiger partial charge in [0.25, 0.3) is 5.91 Å². The molecule has 3 aliphatic rings. The molecular formula is C28H32N2O4. The highest BCUT2D eigenvalue weighted by Gasteiger charge is 2.36. The number of hydrogen-bond donors (Lipinski definition) is 1. The van der Waals surface area contributed by atoms with Crippen molar-refractivity contribution in [2.45, 2.75) is 50.5 Å². The molecule has 2 saturated heterocycles. The van der Waals surface area contributed by atoms with Crippen LogP contribution in [0.25, 0.3) is 12.2 Å². The molecule has 2 fully saturated rings. The van der Waals surface area contributed by atoms with E-state index in [-0.39, 0.29) is 17.8 Å². The quantitative estimate of drug-likeness (QED) is 0.500. The zero-order valence-corrected chi connectivity index (χ0v) is 19.4. The van der Waals surface area contributed by atoms with Gasteiger partial charge in [0.1, 0.15) is 11.4 Å². The number of hydrogen-bond acceptors (Lipinski definition) is 5. The van der Waals surface area contributed by atoms with Crippen LogP contribution in [0.5, 0.6) is 5.75 Å².